The van der Waals surface area contributed by atoms with E-state index < -0.39 is 0 Å². The van der Waals surface area contributed by atoms with Gasteiger partial charge in [0.2, 0.25) is 0 Å². The van der Waals surface area contributed by atoms with Crippen molar-refractivity contribution in [1.82, 2.24) is 5.32 Å². The van der Waals surface area contributed by atoms with E-state index in [1.54, 1.807) is 23.5 Å². The van der Waals surface area contributed by atoms with Crippen LogP contribution in [0.3, 0.4) is 0 Å². The molecule has 5 heteroatoms. The molecule has 1 N–H and O–H groups in total. The molecule has 18 heavy (non-hydrogen) atoms. The van der Waals surface area contributed by atoms with Gasteiger partial charge in [0.1, 0.15) is 0 Å². The number of nitrogens with one attached hydrogen (secondary N) is 1. The highest BCUT2D eigenvalue weighted by atomic mass is 32.1. The van der Waals surface area contributed by atoms with Gasteiger partial charge in [-0.3, -0.25) is 10.1 Å². The molecule has 1 unspecified atom stereocenters. The molecular weight excluding hydrogens is 248 g/mol. The van der Waals surface area contributed by atoms with Gasteiger partial charge < -0.3 is 5.32 Å². The number of hydrogen-bond donors (Lipinski definition) is 1. The minimum atomic E-state index is -0.366. The van der Waals surface area contributed by atoms with Gasteiger partial charge in [0.25, 0.3) is 5.69 Å². The fourth-order valence-corrected chi connectivity index (χ4v) is 2.36. The van der Waals surface area contributed by atoms with Gasteiger partial charge in [0.05, 0.1) is 4.92 Å². The zero-order valence-electron chi connectivity index (χ0n) is 10.00. The normalized spacial score (nSPS) is 12.3. The second-order valence-electron chi connectivity index (χ2n) is 4.09. The van der Waals surface area contributed by atoms with Crippen molar-refractivity contribution in [3.63, 3.8) is 0 Å². The van der Waals surface area contributed by atoms with E-state index in [2.05, 4.69) is 16.8 Å². The summed E-state index contributed by atoms with van der Waals surface area (Å²) in [5.41, 5.74) is 2.30. The Hall–Kier alpha value is -1.72. The Labute approximate surface area is 109 Å². The van der Waals surface area contributed by atoms with Gasteiger partial charge >= 0.3 is 0 Å². The van der Waals surface area contributed by atoms with Gasteiger partial charge in [-0.05, 0) is 34.9 Å². The Balaban J connectivity index is 2.02. The summed E-state index contributed by atoms with van der Waals surface area (Å²) in [5, 5.41) is 18.2. The van der Waals surface area contributed by atoms with Crippen molar-refractivity contribution in [2.75, 3.05) is 0 Å². The lowest BCUT2D eigenvalue weighted by molar-refractivity contribution is -0.384. The molecule has 2 aromatic rings. The molecule has 0 aliphatic rings. The van der Waals surface area contributed by atoms with E-state index in [-0.39, 0.29) is 16.7 Å². The molecular formula is C13H14N2O2S. The van der Waals surface area contributed by atoms with Crippen LogP contribution in [0, 0.1) is 10.1 Å². The molecule has 0 fully saturated rings. The molecule has 0 aliphatic carbocycles. The number of nitro benzene ring substituents is 1. The van der Waals surface area contributed by atoms with E-state index in [0.717, 1.165) is 12.1 Å². The van der Waals surface area contributed by atoms with Crippen molar-refractivity contribution < 1.29 is 4.92 Å². The zero-order valence-corrected chi connectivity index (χ0v) is 10.8. The Kier molecular flexibility index (Phi) is 4.07. The average Bonchev–Trinajstić information content (AvgIpc) is 2.89. The summed E-state index contributed by atoms with van der Waals surface area (Å²) in [6.07, 6.45) is 0. The van der Waals surface area contributed by atoms with Crippen molar-refractivity contribution in [2.24, 2.45) is 0 Å². The second-order valence-corrected chi connectivity index (χ2v) is 4.87. The number of benzene rings is 1. The number of hydrogen-bond acceptors (Lipinski definition) is 4. The molecule has 1 aromatic carbocycles. The third kappa shape index (κ3) is 3.15. The molecule has 0 saturated carbocycles. The summed E-state index contributed by atoms with van der Waals surface area (Å²) in [7, 11) is 0. The maximum Gasteiger partial charge on any atom is 0.269 e. The van der Waals surface area contributed by atoms with Crippen LogP contribution in [0.5, 0.6) is 0 Å². The van der Waals surface area contributed by atoms with Gasteiger partial charge in [-0.1, -0.05) is 12.1 Å². The van der Waals surface area contributed by atoms with Crippen molar-refractivity contribution in [1.29, 1.82) is 0 Å². The number of rotatable bonds is 5. The summed E-state index contributed by atoms with van der Waals surface area (Å²) in [5.74, 6) is 0. The largest absolute Gasteiger partial charge is 0.306 e. The first-order valence-corrected chi connectivity index (χ1v) is 6.60. The molecule has 0 saturated heterocycles. The fourth-order valence-electron chi connectivity index (χ4n) is 1.69. The van der Waals surface area contributed by atoms with Crippen molar-refractivity contribution in [2.45, 2.75) is 19.5 Å². The third-order valence-corrected chi connectivity index (χ3v) is 3.51. The molecule has 0 bridgehead atoms. The standard InChI is InChI=1S/C13H14N2O2S/c1-10(14-8-11-5-6-18-9-11)12-3-2-4-13(7-12)15(16)17/h2-7,9-10,14H,8H2,1H3. The molecule has 94 valence electrons. The molecule has 0 aliphatic heterocycles. The molecule has 4 nitrogen and oxygen atoms in total. The highest BCUT2D eigenvalue weighted by Gasteiger charge is 2.10. The molecule has 1 aromatic heterocycles. The maximum absolute atomic E-state index is 10.7. The molecule has 0 spiro atoms. The van der Waals surface area contributed by atoms with Gasteiger partial charge in [-0.15, -0.1) is 0 Å². The third-order valence-electron chi connectivity index (χ3n) is 2.77. The van der Waals surface area contributed by atoms with Crippen molar-refractivity contribution >= 4 is 17.0 Å². The SMILES string of the molecule is CC(NCc1ccsc1)c1cccc([N+](=O)[O-])c1. The first-order chi connectivity index (χ1) is 8.66. The second kappa shape index (κ2) is 5.75. The molecule has 2 rings (SSSR count). The van der Waals surface area contributed by atoms with Crippen LogP contribution >= 0.6 is 11.3 Å². The summed E-state index contributed by atoms with van der Waals surface area (Å²) in [6, 6.07) is 8.90. The summed E-state index contributed by atoms with van der Waals surface area (Å²) in [6.45, 7) is 2.78. The van der Waals surface area contributed by atoms with Crippen LogP contribution in [0.4, 0.5) is 5.69 Å². The predicted octanol–water partition coefficient (Wildman–Crippen LogP) is 3.51. The summed E-state index contributed by atoms with van der Waals surface area (Å²) >= 11 is 1.66. The van der Waals surface area contributed by atoms with E-state index in [1.165, 1.54) is 11.6 Å². The summed E-state index contributed by atoms with van der Waals surface area (Å²) in [4.78, 5) is 10.3. The number of non-ortho nitro benzene ring substituents is 1. The van der Waals surface area contributed by atoms with Gasteiger partial charge in [-0.25, -0.2) is 0 Å². The van der Waals surface area contributed by atoms with Crippen LogP contribution in [0.25, 0.3) is 0 Å². The van der Waals surface area contributed by atoms with E-state index >= 15 is 0 Å². The maximum atomic E-state index is 10.7. The van der Waals surface area contributed by atoms with Crippen LogP contribution in [0.15, 0.2) is 41.1 Å². The monoisotopic (exact) mass is 262 g/mol. The lowest BCUT2D eigenvalue weighted by Crippen LogP contribution is -2.17. The topological polar surface area (TPSA) is 55.2 Å². The van der Waals surface area contributed by atoms with E-state index in [4.69, 9.17) is 0 Å². The number of nitro groups is 1. The lowest BCUT2D eigenvalue weighted by atomic mass is 10.1. The quantitative estimate of drug-likeness (QED) is 0.662. The van der Waals surface area contributed by atoms with Gasteiger partial charge in [0.15, 0.2) is 0 Å². The van der Waals surface area contributed by atoms with Crippen LogP contribution in [0.1, 0.15) is 24.1 Å². The van der Waals surface area contributed by atoms with Gasteiger partial charge in [-0.2, -0.15) is 11.3 Å². The average molecular weight is 262 g/mol. The van der Waals surface area contributed by atoms with Crippen LogP contribution in [0.2, 0.25) is 0 Å². The lowest BCUT2D eigenvalue weighted by Gasteiger charge is -2.13. The Bertz CT molecular complexity index is 526. The van der Waals surface area contributed by atoms with Crippen LogP contribution < -0.4 is 5.32 Å². The fraction of sp³-hybridized carbons (Fsp3) is 0.231. The Morgan fingerprint density at radius 2 is 2.28 bits per heavy atom. The predicted molar refractivity (Wildman–Crippen MR) is 72.7 cm³/mol. The van der Waals surface area contributed by atoms with Gasteiger partial charge in [0, 0.05) is 24.7 Å². The van der Waals surface area contributed by atoms with E-state index in [9.17, 15) is 10.1 Å². The molecule has 1 atom stereocenters. The minimum absolute atomic E-state index is 0.0878. The van der Waals surface area contributed by atoms with Crippen LogP contribution in [-0.2, 0) is 6.54 Å². The highest BCUT2D eigenvalue weighted by Crippen LogP contribution is 2.19. The first-order valence-electron chi connectivity index (χ1n) is 5.65. The Morgan fingerprint density at radius 3 is 2.94 bits per heavy atom. The van der Waals surface area contributed by atoms with Crippen molar-refractivity contribution in [3.05, 3.63) is 62.3 Å². The molecule has 0 amide bonds. The zero-order chi connectivity index (χ0) is 13.0. The number of nitrogens with zero attached hydrogens (tertiary/aromatic N) is 1. The molecule has 1 heterocycles. The molecule has 0 radical (unpaired) electrons. The smallest absolute Gasteiger partial charge is 0.269 e. The van der Waals surface area contributed by atoms with Crippen LogP contribution in [-0.4, -0.2) is 4.92 Å². The van der Waals surface area contributed by atoms with E-state index in [0.29, 0.717) is 0 Å². The first kappa shape index (κ1) is 12.7. The minimum Gasteiger partial charge on any atom is -0.306 e. The van der Waals surface area contributed by atoms with Crippen molar-refractivity contribution in [3.8, 4) is 0 Å². The summed E-state index contributed by atoms with van der Waals surface area (Å²) < 4.78 is 0. The Morgan fingerprint density at radius 1 is 1.44 bits per heavy atom. The van der Waals surface area contributed by atoms with E-state index in [1.807, 2.05) is 18.4 Å². The highest BCUT2D eigenvalue weighted by molar-refractivity contribution is 7.07. The number of thiophene rings is 1.